The van der Waals surface area contributed by atoms with Crippen LogP contribution in [-0.4, -0.2) is 37.0 Å². The van der Waals surface area contributed by atoms with Gasteiger partial charge in [0.25, 0.3) is 5.91 Å². The van der Waals surface area contributed by atoms with Crippen molar-refractivity contribution in [3.8, 4) is 0 Å². The van der Waals surface area contributed by atoms with Gasteiger partial charge in [-0.2, -0.15) is 5.10 Å². The van der Waals surface area contributed by atoms with E-state index in [4.69, 9.17) is 5.10 Å². The minimum Gasteiger partial charge on any atom is -0.477 e. The van der Waals surface area contributed by atoms with Crippen molar-refractivity contribution in [1.82, 2.24) is 14.7 Å². The van der Waals surface area contributed by atoms with Crippen molar-refractivity contribution in [1.29, 1.82) is 0 Å². The van der Waals surface area contributed by atoms with Crippen LogP contribution >= 0.6 is 11.8 Å². The van der Waals surface area contributed by atoms with E-state index >= 15 is 0 Å². The minimum atomic E-state index is -1.06. The van der Waals surface area contributed by atoms with E-state index in [2.05, 4.69) is 20.8 Å². The first kappa shape index (κ1) is 16.2. The van der Waals surface area contributed by atoms with Crippen LogP contribution in [0.3, 0.4) is 0 Å². The van der Waals surface area contributed by atoms with Crippen LogP contribution in [-0.2, 0) is 22.1 Å². The van der Waals surface area contributed by atoms with Crippen LogP contribution in [0.15, 0.2) is 16.7 Å². The second-order valence-corrected chi connectivity index (χ2v) is 9.44. The van der Waals surface area contributed by atoms with Crippen LogP contribution in [0.4, 0.5) is 0 Å². The van der Waals surface area contributed by atoms with E-state index in [0.29, 0.717) is 11.5 Å². The van der Waals surface area contributed by atoms with Gasteiger partial charge < -0.3 is 5.11 Å². The molecule has 0 spiro atoms. The van der Waals surface area contributed by atoms with E-state index in [1.807, 2.05) is 17.8 Å². The summed E-state index contributed by atoms with van der Waals surface area (Å²) in [6.07, 6.45) is 4.22. The quantitative estimate of drug-likeness (QED) is 0.639. The predicted molar refractivity (Wildman–Crippen MR) is 98.2 cm³/mol. The largest absolute Gasteiger partial charge is 0.477 e. The SMILES string of the molecule is Cn1nc(C=C2C(=O)N3C(C(=O)O)=CS[C@H]23)c2c1C1(C)CCC2C1(C)C. The molecule has 1 N–H and O–H groups in total. The molecule has 1 saturated heterocycles. The molecule has 2 unspecified atom stereocenters. The third-order valence-electron chi connectivity index (χ3n) is 7.26. The molecule has 3 atom stereocenters. The Kier molecular flexibility index (Phi) is 2.88. The van der Waals surface area contributed by atoms with Crippen LogP contribution in [0.5, 0.6) is 0 Å². The van der Waals surface area contributed by atoms with E-state index in [1.54, 1.807) is 5.41 Å². The van der Waals surface area contributed by atoms with E-state index in [9.17, 15) is 14.7 Å². The van der Waals surface area contributed by atoms with Crippen LogP contribution in [0, 0.1) is 5.41 Å². The Bertz CT molecular complexity index is 957. The smallest absolute Gasteiger partial charge is 0.353 e. The van der Waals surface area contributed by atoms with Crippen molar-refractivity contribution < 1.29 is 14.7 Å². The molecule has 0 radical (unpaired) electrons. The van der Waals surface area contributed by atoms with E-state index < -0.39 is 5.97 Å². The fraction of sp³-hybridized carbons (Fsp3) is 0.526. The molecular weight excluding hydrogens is 350 g/mol. The van der Waals surface area contributed by atoms with Crippen molar-refractivity contribution in [2.75, 3.05) is 0 Å². The van der Waals surface area contributed by atoms with E-state index in [0.717, 1.165) is 12.1 Å². The predicted octanol–water partition coefficient (Wildman–Crippen LogP) is 2.82. The van der Waals surface area contributed by atoms with Gasteiger partial charge in [0.05, 0.1) is 11.3 Å². The summed E-state index contributed by atoms with van der Waals surface area (Å²) < 4.78 is 1.99. The van der Waals surface area contributed by atoms with Crippen molar-refractivity contribution in [2.24, 2.45) is 12.5 Å². The van der Waals surface area contributed by atoms with Crippen molar-refractivity contribution >= 4 is 29.7 Å². The maximum absolute atomic E-state index is 12.5. The average Bonchev–Trinajstić information content (AvgIpc) is 3.22. The summed E-state index contributed by atoms with van der Waals surface area (Å²) in [6, 6.07) is 0. The number of rotatable bonds is 2. The zero-order valence-corrected chi connectivity index (χ0v) is 16.1. The van der Waals surface area contributed by atoms with Crippen LogP contribution < -0.4 is 0 Å². The first-order valence-electron chi connectivity index (χ1n) is 8.90. The van der Waals surface area contributed by atoms with Crippen LogP contribution in [0.25, 0.3) is 6.08 Å². The zero-order chi connectivity index (χ0) is 18.6. The lowest BCUT2D eigenvalue weighted by Crippen LogP contribution is -2.51. The summed E-state index contributed by atoms with van der Waals surface area (Å²) in [5, 5.41) is 15.3. The maximum atomic E-state index is 12.5. The molecule has 2 bridgehead atoms. The summed E-state index contributed by atoms with van der Waals surface area (Å²) in [6.45, 7) is 7.02. The molecule has 2 aliphatic heterocycles. The molecule has 4 aliphatic rings. The van der Waals surface area contributed by atoms with Gasteiger partial charge in [-0.05, 0) is 30.3 Å². The summed E-state index contributed by atoms with van der Waals surface area (Å²) in [7, 11) is 1.99. The monoisotopic (exact) mass is 371 g/mol. The zero-order valence-electron chi connectivity index (χ0n) is 15.2. The highest BCUT2D eigenvalue weighted by molar-refractivity contribution is 8.03. The number of hydrogen-bond acceptors (Lipinski definition) is 4. The number of aryl methyl sites for hydroxylation is 1. The third kappa shape index (κ3) is 1.59. The van der Waals surface area contributed by atoms with E-state index in [-0.39, 0.29) is 27.8 Å². The highest BCUT2D eigenvalue weighted by Crippen LogP contribution is 2.68. The number of fused-ring (bicyclic) bond motifs is 6. The number of nitrogens with zero attached hydrogens (tertiary/aromatic N) is 3. The molecule has 1 saturated carbocycles. The molecule has 1 aromatic rings. The molecule has 1 aromatic heterocycles. The Balaban J connectivity index is 1.57. The number of carbonyl (C=O) groups excluding carboxylic acids is 1. The molecular formula is C19H21N3O3S. The van der Waals surface area contributed by atoms with Crippen molar-refractivity contribution in [2.45, 2.75) is 50.3 Å². The molecule has 3 heterocycles. The van der Waals surface area contributed by atoms with Crippen LogP contribution in [0.2, 0.25) is 0 Å². The van der Waals surface area contributed by atoms with Gasteiger partial charge in [0.1, 0.15) is 11.1 Å². The molecule has 5 rings (SSSR count). The Labute approximate surface area is 155 Å². The first-order valence-corrected chi connectivity index (χ1v) is 9.84. The van der Waals surface area contributed by atoms with Crippen molar-refractivity contribution in [3.63, 3.8) is 0 Å². The van der Waals surface area contributed by atoms with Gasteiger partial charge in [-0.25, -0.2) is 4.79 Å². The van der Waals surface area contributed by atoms with Gasteiger partial charge in [0.2, 0.25) is 0 Å². The first-order chi connectivity index (χ1) is 12.2. The normalized spacial score (nSPS) is 34.8. The number of hydrogen-bond donors (Lipinski definition) is 1. The van der Waals surface area contributed by atoms with Gasteiger partial charge in [-0.15, -0.1) is 11.8 Å². The molecule has 26 heavy (non-hydrogen) atoms. The standard InChI is InChI=1S/C19H21N3O3S/c1-18(2)10-5-6-19(18,3)14-13(10)11(20-21(14)4)7-9-15(23)22-12(17(24)25)8-26-16(9)22/h7-8,10,16H,5-6H2,1-4H3,(H,24,25)/t10?,16-,19?/m1/s1. The summed E-state index contributed by atoms with van der Waals surface area (Å²) in [5.74, 6) is -0.821. The number of carboxylic acid groups (broad SMARTS) is 1. The van der Waals surface area contributed by atoms with Gasteiger partial charge >= 0.3 is 5.97 Å². The summed E-state index contributed by atoms with van der Waals surface area (Å²) >= 11 is 1.37. The number of carboxylic acids is 1. The number of β-lactam (4-membered cyclic amide) rings is 1. The number of aromatic nitrogens is 2. The maximum Gasteiger partial charge on any atom is 0.353 e. The lowest BCUT2D eigenvalue weighted by molar-refractivity contribution is -0.141. The molecule has 2 aliphatic carbocycles. The lowest BCUT2D eigenvalue weighted by atomic mass is 9.70. The highest BCUT2D eigenvalue weighted by Gasteiger charge is 2.62. The Morgan fingerprint density at radius 2 is 2.15 bits per heavy atom. The Hall–Kier alpha value is -2.02. The molecule has 2 fully saturated rings. The number of aliphatic carboxylic acids is 1. The van der Waals surface area contributed by atoms with Gasteiger partial charge in [-0.3, -0.25) is 14.4 Å². The summed E-state index contributed by atoms with van der Waals surface area (Å²) in [4.78, 5) is 25.1. The van der Waals surface area contributed by atoms with Gasteiger partial charge in [-0.1, -0.05) is 20.8 Å². The second-order valence-electron chi connectivity index (χ2n) is 8.49. The molecule has 0 aromatic carbocycles. The number of carbonyl (C=O) groups is 2. The fourth-order valence-electron chi connectivity index (χ4n) is 5.51. The van der Waals surface area contributed by atoms with Gasteiger partial charge in [0, 0.05) is 29.1 Å². The minimum absolute atomic E-state index is 0.0705. The molecule has 136 valence electrons. The third-order valence-corrected chi connectivity index (χ3v) is 8.34. The molecule has 1 amide bonds. The van der Waals surface area contributed by atoms with Crippen LogP contribution in [0.1, 0.15) is 56.5 Å². The Morgan fingerprint density at radius 1 is 1.42 bits per heavy atom. The van der Waals surface area contributed by atoms with E-state index in [1.165, 1.54) is 34.3 Å². The molecule has 6 nitrogen and oxygen atoms in total. The van der Waals surface area contributed by atoms with Crippen molar-refractivity contribution in [3.05, 3.63) is 33.6 Å². The topological polar surface area (TPSA) is 75.4 Å². The number of amides is 1. The average molecular weight is 371 g/mol. The second kappa shape index (κ2) is 4.63. The fourth-order valence-corrected chi connectivity index (χ4v) is 6.63. The van der Waals surface area contributed by atoms with Gasteiger partial charge in [0.15, 0.2) is 0 Å². The molecule has 7 heteroatoms. The highest BCUT2D eigenvalue weighted by atomic mass is 32.2. The number of thioether (sulfide) groups is 1. The summed E-state index contributed by atoms with van der Waals surface area (Å²) in [5.41, 5.74) is 4.49. The lowest BCUT2D eigenvalue weighted by Gasteiger charge is -2.37. The Morgan fingerprint density at radius 3 is 2.85 bits per heavy atom.